The highest BCUT2D eigenvalue weighted by atomic mass is 32.2. The lowest BCUT2D eigenvalue weighted by atomic mass is 10.1. The number of aryl methyl sites for hydroxylation is 1. The fourth-order valence-corrected chi connectivity index (χ4v) is 2.74. The van der Waals surface area contributed by atoms with Gasteiger partial charge in [0.25, 0.3) is 0 Å². The van der Waals surface area contributed by atoms with Gasteiger partial charge in [0.15, 0.2) is 0 Å². The monoisotopic (exact) mass is 250 g/mol. The summed E-state index contributed by atoms with van der Waals surface area (Å²) >= 11 is 0. The van der Waals surface area contributed by atoms with Gasteiger partial charge in [-0.2, -0.15) is 0 Å². The standard InChI is InChI=1S/C15H22OS/c1-4-6-7-14(5-2)12-17(16)15-10-8-13(3)9-11-15/h8-12H,4-7H2,1-3H3/b14-12+. The number of rotatable bonds is 6. The highest BCUT2D eigenvalue weighted by molar-refractivity contribution is 7.88. The van der Waals surface area contributed by atoms with Gasteiger partial charge in [-0.05, 0) is 38.3 Å². The Morgan fingerprint density at radius 1 is 1.24 bits per heavy atom. The molecule has 0 saturated carbocycles. The van der Waals surface area contributed by atoms with E-state index in [0.717, 1.165) is 17.7 Å². The van der Waals surface area contributed by atoms with Crippen molar-refractivity contribution < 1.29 is 4.21 Å². The second-order valence-corrected chi connectivity index (χ2v) is 5.65. The maximum Gasteiger partial charge on any atom is 0.0775 e. The molecule has 0 bridgehead atoms. The topological polar surface area (TPSA) is 17.1 Å². The second-order valence-electron chi connectivity index (χ2n) is 4.34. The summed E-state index contributed by atoms with van der Waals surface area (Å²) in [6.45, 7) is 6.36. The molecule has 0 radical (unpaired) electrons. The van der Waals surface area contributed by atoms with Crippen molar-refractivity contribution in [2.75, 3.05) is 0 Å². The molecule has 0 fully saturated rings. The molecule has 17 heavy (non-hydrogen) atoms. The second kappa shape index (κ2) is 7.44. The summed E-state index contributed by atoms with van der Waals surface area (Å²) in [4.78, 5) is 0.901. The van der Waals surface area contributed by atoms with Crippen molar-refractivity contribution in [1.29, 1.82) is 0 Å². The summed E-state index contributed by atoms with van der Waals surface area (Å²) in [6.07, 6.45) is 4.45. The molecule has 1 nitrogen and oxygen atoms in total. The van der Waals surface area contributed by atoms with Crippen LogP contribution in [0.2, 0.25) is 0 Å². The Balaban J connectivity index is 2.74. The van der Waals surface area contributed by atoms with Gasteiger partial charge in [-0.25, -0.2) is 4.21 Å². The molecule has 0 spiro atoms. The zero-order valence-corrected chi connectivity index (χ0v) is 11.8. The van der Waals surface area contributed by atoms with Crippen LogP contribution in [0.1, 0.15) is 45.1 Å². The van der Waals surface area contributed by atoms with Gasteiger partial charge >= 0.3 is 0 Å². The van der Waals surface area contributed by atoms with E-state index in [1.54, 1.807) is 0 Å². The molecular weight excluding hydrogens is 228 g/mol. The van der Waals surface area contributed by atoms with Crippen molar-refractivity contribution in [2.24, 2.45) is 0 Å². The lowest BCUT2D eigenvalue weighted by Gasteiger charge is -2.04. The third kappa shape index (κ3) is 4.86. The van der Waals surface area contributed by atoms with Crippen LogP contribution in [-0.2, 0) is 10.8 Å². The predicted octanol–water partition coefficient (Wildman–Crippen LogP) is 4.59. The summed E-state index contributed by atoms with van der Waals surface area (Å²) < 4.78 is 12.1. The molecule has 0 heterocycles. The van der Waals surface area contributed by atoms with E-state index < -0.39 is 10.8 Å². The van der Waals surface area contributed by atoms with Crippen molar-refractivity contribution in [3.63, 3.8) is 0 Å². The van der Waals surface area contributed by atoms with Crippen LogP contribution in [0.4, 0.5) is 0 Å². The average Bonchev–Trinajstić information content (AvgIpc) is 2.35. The molecule has 1 rings (SSSR count). The quantitative estimate of drug-likeness (QED) is 0.722. The van der Waals surface area contributed by atoms with Crippen LogP contribution in [0.5, 0.6) is 0 Å². The van der Waals surface area contributed by atoms with Gasteiger partial charge in [0, 0.05) is 10.3 Å². The van der Waals surface area contributed by atoms with Crippen LogP contribution >= 0.6 is 0 Å². The molecule has 0 aromatic heterocycles. The van der Waals surface area contributed by atoms with E-state index in [1.165, 1.54) is 24.0 Å². The Hall–Kier alpha value is -0.890. The maximum absolute atomic E-state index is 12.1. The summed E-state index contributed by atoms with van der Waals surface area (Å²) in [6, 6.07) is 7.93. The molecule has 1 unspecified atom stereocenters. The number of benzene rings is 1. The average molecular weight is 250 g/mol. The number of unbranched alkanes of at least 4 members (excludes halogenated alkanes) is 1. The molecule has 1 atom stereocenters. The summed E-state index contributed by atoms with van der Waals surface area (Å²) in [5.74, 6) is 0. The highest BCUT2D eigenvalue weighted by Gasteiger charge is 2.02. The molecule has 0 amide bonds. The van der Waals surface area contributed by atoms with E-state index in [4.69, 9.17) is 0 Å². The van der Waals surface area contributed by atoms with Crippen LogP contribution in [0.3, 0.4) is 0 Å². The summed E-state index contributed by atoms with van der Waals surface area (Å²) in [7, 11) is -0.987. The van der Waals surface area contributed by atoms with Gasteiger partial charge < -0.3 is 0 Å². The van der Waals surface area contributed by atoms with E-state index in [1.807, 2.05) is 36.6 Å². The molecule has 1 aromatic carbocycles. The number of hydrogen-bond donors (Lipinski definition) is 0. The molecule has 1 aromatic rings. The Bertz CT molecular complexity index is 390. The van der Waals surface area contributed by atoms with E-state index >= 15 is 0 Å². The molecular formula is C15H22OS. The first kappa shape index (κ1) is 14.2. The van der Waals surface area contributed by atoms with Crippen molar-refractivity contribution in [2.45, 2.75) is 51.3 Å². The van der Waals surface area contributed by atoms with Gasteiger partial charge in [0.2, 0.25) is 0 Å². The molecule has 0 N–H and O–H groups in total. The Kier molecular flexibility index (Phi) is 6.20. The Morgan fingerprint density at radius 3 is 2.41 bits per heavy atom. The van der Waals surface area contributed by atoms with Crippen LogP contribution < -0.4 is 0 Å². The first-order valence-electron chi connectivity index (χ1n) is 6.34. The number of hydrogen-bond acceptors (Lipinski definition) is 1. The predicted molar refractivity (Wildman–Crippen MR) is 75.5 cm³/mol. The maximum atomic E-state index is 12.1. The van der Waals surface area contributed by atoms with Gasteiger partial charge in [-0.1, -0.05) is 43.5 Å². The van der Waals surface area contributed by atoms with E-state index in [2.05, 4.69) is 13.8 Å². The van der Waals surface area contributed by atoms with Crippen molar-refractivity contribution in [3.8, 4) is 0 Å². The van der Waals surface area contributed by atoms with Gasteiger partial charge in [0.05, 0.1) is 10.8 Å². The van der Waals surface area contributed by atoms with Crippen LogP contribution in [0.25, 0.3) is 0 Å². The van der Waals surface area contributed by atoms with Gasteiger partial charge in [-0.15, -0.1) is 0 Å². The minimum Gasteiger partial charge on any atom is -0.250 e. The normalized spacial score (nSPS) is 13.7. The van der Waals surface area contributed by atoms with E-state index in [-0.39, 0.29) is 0 Å². The van der Waals surface area contributed by atoms with E-state index in [0.29, 0.717) is 0 Å². The highest BCUT2D eigenvalue weighted by Crippen LogP contribution is 2.16. The summed E-state index contributed by atoms with van der Waals surface area (Å²) in [5, 5.41) is 1.93. The third-order valence-corrected chi connectivity index (χ3v) is 4.12. The molecule has 0 saturated heterocycles. The third-order valence-electron chi connectivity index (χ3n) is 2.83. The molecule has 0 aliphatic heterocycles. The molecule has 94 valence electrons. The van der Waals surface area contributed by atoms with E-state index in [9.17, 15) is 4.21 Å². The zero-order chi connectivity index (χ0) is 12.7. The minimum absolute atomic E-state index is 0.901. The first-order valence-corrected chi connectivity index (χ1v) is 7.55. The SMILES string of the molecule is CCCC/C(=C/S(=O)c1ccc(C)cc1)CC. The van der Waals surface area contributed by atoms with Crippen LogP contribution in [-0.4, -0.2) is 4.21 Å². The lowest BCUT2D eigenvalue weighted by Crippen LogP contribution is -1.90. The zero-order valence-electron chi connectivity index (χ0n) is 11.0. The van der Waals surface area contributed by atoms with Crippen molar-refractivity contribution >= 4 is 10.8 Å². The van der Waals surface area contributed by atoms with Gasteiger partial charge in [0.1, 0.15) is 0 Å². The molecule has 0 aliphatic rings. The first-order chi connectivity index (χ1) is 8.17. The summed E-state index contributed by atoms with van der Waals surface area (Å²) in [5.41, 5.74) is 2.52. The molecule has 0 aliphatic carbocycles. The fraction of sp³-hybridized carbons (Fsp3) is 0.467. The van der Waals surface area contributed by atoms with Gasteiger partial charge in [-0.3, -0.25) is 0 Å². The molecule has 2 heteroatoms. The largest absolute Gasteiger partial charge is 0.250 e. The fourth-order valence-electron chi connectivity index (χ4n) is 1.61. The number of allylic oxidation sites excluding steroid dienone is 1. The lowest BCUT2D eigenvalue weighted by molar-refractivity contribution is 0.687. The Labute approximate surface area is 107 Å². The van der Waals surface area contributed by atoms with Crippen molar-refractivity contribution in [1.82, 2.24) is 0 Å². The van der Waals surface area contributed by atoms with Crippen molar-refractivity contribution in [3.05, 3.63) is 40.8 Å². The minimum atomic E-state index is -0.987. The Morgan fingerprint density at radius 2 is 1.88 bits per heavy atom. The van der Waals surface area contributed by atoms with Crippen LogP contribution in [0, 0.1) is 6.92 Å². The van der Waals surface area contributed by atoms with Crippen LogP contribution in [0.15, 0.2) is 40.1 Å². The smallest absolute Gasteiger partial charge is 0.0775 e.